The van der Waals surface area contributed by atoms with Crippen LogP contribution in [0.5, 0.6) is 0 Å². The second-order valence-electron chi connectivity index (χ2n) is 12.7. The van der Waals surface area contributed by atoms with Crippen molar-refractivity contribution in [1.29, 1.82) is 0 Å². The van der Waals surface area contributed by atoms with E-state index in [4.69, 9.17) is 8.83 Å². The molecule has 0 saturated carbocycles. The van der Waals surface area contributed by atoms with E-state index in [1.165, 1.54) is 11.1 Å². The highest BCUT2D eigenvalue weighted by Gasteiger charge is 2.25. The summed E-state index contributed by atoms with van der Waals surface area (Å²) < 4.78 is 13.4. The van der Waals surface area contributed by atoms with Crippen LogP contribution in [-0.4, -0.2) is 0 Å². The molecule has 1 aliphatic carbocycles. The van der Waals surface area contributed by atoms with Crippen LogP contribution in [0.15, 0.2) is 173 Å². The highest BCUT2D eigenvalue weighted by atomic mass is 16.3. The molecular formula is C46H31NO2. The molecule has 0 bridgehead atoms. The topological polar surface area (TPSA) is 29.5 Å². The van der Waals surface area contributed by atoms with Crippen LogP contribution in [0.4, 0.5) is 17.1 Å². The average molecular weight is 630 g/mol. The molecule has 9 aromatic rings. The van der Waals surface area contributed by atoms with E-state index in [0.29, 0.717) is 0 Å². The Hall–Kier alpha value is -6.32. The first-order valence-corrected chi connectivity index (χ1v) is 16.9. The first-order valence-electron chi connectivity index (χ1n) is 16.9. The predicted octanol–water partition coefficient (Wildman–Crippen LogP) is 13.5. The minimum absolute atomic E-state index is 0.854. The highest BCUT2D eigenvalue weighted by Crippen LogP contribution is 2.49. The predicted molar refractivity (Wildman–Crippen MR) is 205 cm³/mol. The lowest BCUT2D eigenvalue weighted by molar-refractivity contribution is 0.669. The van der Waals surface area contributed by atoms with Crippen molar-refractivity contribution < 1.29 is 8.83 Å². The molecule has 10 rings (SSSR count). The van der Waals surface area contributed by atoms with Gasteiger partial charge in [0.05, 0.1) is 11.4 Å². The van der Waals surface area contributed by atoms with E-state index in [1.807, 2.05) is 12.1 Å². The maximum Gasteiger partial charge on any atom is 0.159 e. The van der Waals surface area contributed by atoms with Gasteiger partial charge in [0.1, 0.15) is 16.7 Å². The lowest BCUT2D eigenvalue weighted by Crippen LogP contribution is -2.12. The normalized spacial score (nSPS) is 13.2. The summed E-state index contributed by atoms with van der Waals surface area (Å²) in [7, 11) is 0. The van der Waals surface area contributed by atoms with Gasteiger partial charge >= 0.3 is 0 Å². The van der Waals surface area contributed by atoms with E-state index in [9.17, 15) is 0 Å². The van der Waals surface area contributed by atoms with E-state index in [-0.39, 0.29) is 0 Å². The zero-order valence-electron chi connectivity index (χ0n) is 26.8. The SMILES string of the molecule is C1=CC(c2ccc(N(c3ccc4oc5c6ccccc6ccc5c4c3-c3ccccc3)c3cccc4c3oc3ccccc34)cc2)=CCC1. The number of furan rings is 2. The number of allylic oxidation sites excluding steroid dienone is 4. The van der Waals surface area contributed by atoms with Crippen LogP contribution in [0.1, 0.15) is 18.4 Å². The highest BCUT2D eigenvalue weighted by molar-refractivity contribution is 6.22. The average Bonchev–Trinajstić information content (AvgIpc) is 3.75. The Bertz CT molecular complexity index is 2760. The molecule has 0 fully saturated rings. The Morgan fingerprint density at radius 1 is 0.469 bits per heavy atom. The fourth-order valence-electron chi connectivity index (χ4n) is 7.61. The molecule has 0 unspecified atom stereocenters. The molecule has 49 heavy (non-hydrogen) atoms. The Kier molecular flexibility index (Phi) is 6.31. The van der Waals surface area contributed by atoms with Gasteiger partial charge in [-0.2, -0.15) is 0 Å². The van der Waals surface area contributed by atoms with Crippen molar-refractivity contribution >= 4 is 77.3 Å². The number of para-hydroxylation sites is 2. The number of nitrogens with zero attached hydrogens (tertiary/aromatic N) is 1. The van der Waals surface area contributed by atoms with Crippen molar-refractivity contribution in [3.63, 3.8) is 0 Å². The first-order chi connectivity index (χ1) is 24.3. The summed E-state index contributed by atoms with van der Waals surface area (Å²) in [5.41, 5.74) is 11.3. The quantitative estimate of drug-likeness (QED) is 0.190. The van der Waals surface area contributed by atoms with Crippen LogP contribution < -0.4 is 4.90 Å². The number of hydrogen-bond donors (Lipinski definition) is 0. The monoisotopic (exact) mass is 629 g/mol. The third kappa shape index (κ3) is 4.43. The van der Waals surface area contributed by atoms with E-state index in [2.05, 4.69) is 157 Å². The van der Waals surface area contributed by atoms with Gasteiger partial charge in [0.2, 0.25) is 0 Å². The molecule has 0 saturated heterocycles. The van der Waals surface area contributed by atoms with Gasteiger partial charge in [0, 0.05) is 38.2 Å². The Labute approximate surface area is 283 Å². The molecule has 2 heterocycles. The number of benzene rings is 7. The number of hydrogen-bond acceptors (Lipinski definition) is 3. The molecule has 0 N–H and O–H groups in total. The molecule has 3 nitrogen and oxygen atoms in total. The smallest absolute Gasteiger partial charge is 0.159 e. The van der Waals surface area contributed by atoms with Gasteiger partial charge in [-0.25, -0.2) is 0 Å². The summed E-state index contributed by atoms with van der Waals surface area (Å²) in [5, 5.41) is 6.67. The first kappa shape index (κ1) is 27.8. The molecule has 2 aromatic heterocycles. The molecule has 232 valence electrons. The van der Waals surface area contributed by atoms with E-state index >= 15 is 0 Å². The number of fused-ring (bicyclic) bond motifs is 8. The molecule has 7 aromatic carbocycles. The van der Waals surface area contributed by atoms with Crippen molar-refractivity contribution in [2.75, 3.05) is 4.90 Å². The largest absolute Gasteiger partial charge is 0.455 e. The minimum atomic E-state index is 0.854. The van der Waals surface area contributed by atoms with Crippen molar-refractivity contribution in [1.82, 2.24) is 0 Å². The summed E-state index contributed by atoms with van der Waals surface area (Å²) in [6, 6.07) is 51.6. The summed E-state index contributed by atoms with van der Waals surface area (Å²) >= 11 is 0. The maximum atomic E-state index is 6.72. The second-order valence-corrected chi connectivity index (χ2v) is 12.7. The molecule has 3 heteroatoms. The summed E-state index contributed by atoms with van der Waals surface area (Å²) in [5.74, 6) is 0. The van der Waals surface area contributed by atoms with Gasteiger partial charge < -0.3 is 13.7 Å². The summed E-state index contributed by atoms with van der Waals surface area (Å²) in [4.78, 5) is 2.36. The third-order valence-electron chi connectivity index (χ3n) is 9.89. The van der Waals surface area contributed by atoms with Gasteiger partial charge in [-0.15, -0.1) is 0 Å². The fourth-order valence-corrected chi connectivity index (χ4v) is 7.61. The van der Waals surface area contributed by atoms with Crippen LogP contribution in [-0.2, 0) is 0 Å². The van der Waals surface area contributed by atoms with E-state index in [1.54, 1.807) is 0 Å². The van der Waals surface area contributed by atoms with Crippen molar-refractivity contribution in [3.05, 3.63) is 169 Å². The molecule has 0 radical (unpaired) electrons. The zero-order valence-corrected chi connectivity index (χ0v) is 26.8. The lowest BCUT2D eigenvalue weighted by atomic mass is 9.95. The van der Waals surface area contributed by atoms with Crippen molar-refractivity contribution in [3.8, 4) is 11.1 Å². The standard InChI is InChI=1S/C46H31NO2/c1-3-12-30(13-4-1)31-22-25-34(26-23-31)47(40-20-11-19-37-36-18-9-10-21-41(36)48-46(37)40)39-28-29-42-44(43(39)33-15-5-2-6-16-33)38-27-24-32-14-7-8-17-35(32)45(38)49-42/h2-3,5-29H,1,4H2. The Morgan fingerprint density at radius 3 is 2.10 bits per heavy atom. The van der Waals surface area contributed by atoms with Crippen LogP contribution >= 0.6 is 0 Å². The lowest BCUT2D eigenvalue weighted by Gasteiger charge is -2.28. The van der Waals surface area contributed by atoms with Crippen LogP contribution in [0.3, 0.4) is 0 Å². The van der Waals surface area contributed by atoms with Gasteiger partial charge in [0.25, 0.3) is 0 Å². The van der Waals surface area contributed by atoms with Crippen LogP contribution in [0, 0.1) is 0 Å². The minimum Gasteiger partial charge on any atom is -0.455 e. The second kappa shape index (κ2) is 11.1. The number of anilines is 3. The van der Waals surface area contributed by atoms with Gasteiger partial charge in [-0.05, 0) is 77.4 Å². The van der Waals surface area contributed by atoms with Crippen LogP contribution in [0.25, 0.3) is 71.3 Å². The van der Waals surface area contributed by atoms with E-state index in [0.717, 1.165) is 95.7 Å². The van der Waals surface area contributed by atoms with Crippen molar-refractivity contribution in [2.24, 2.45) is 0 Å². The molecular weight excluding hydrogens is 599 g/mol. The van der Waals surface area contributed by atoms with Crippen molar-refractivity contribution in [2.45, 2.75) is 12.8 Å². The maximum absolute atomic E-state index is 6.72. The van der Waals surface area contributed by atoms with Crippen LogP contribution in [0.2, 0.25) is 0 Å². The Balaban J connectivity index is 1.30. The zero-order chi connectivity index (χ0) is 32.3. The fraction of sp³-hybridized carbons (Fsp3) is 0.0435. The molecule has 0 amide bonds. The van der Waals surface area contributed by atoms with Gasteiger partial charge in [-0.1, -0.05) is 121 Å². The van der Waals surface area contributed by atoms with Gasteiger partial charge in [-0.3, -0.25) is 0 Å². The Morgan fingerprint density at radius 2 is 1.24 bits per heavy atom. The third-order valence-corrected chi connectivity index (χ3v) is 9.89. The molecule has 1 aliphatic rings. The molecule has 0 aliphatic heterocycles. The molecule has 0 atom stereocenters. The number of rotatable bonds is 5. The van der Waals surface area contributed by atoms with Gasteiger partial charge in [0.15, 0.2) is 5.58 Å². The summed E-state index contributed by atoms with van der Waals surface area (Å²) in [6.07, 6.45) is 9.00. The summed E-state index contributed by atoms with van der Waals surface area (Å²) in [6.45, 7) is 0. The van der Waals surface area contributed by atoms with E-state index < -0.39 is 0 Å². The molecule has 0 spiro atoms.